The third-order valence-corrected chi connectivity index (χ3v) is 5.38. The topological polar surface area (TPSA) is 54.7 Å². The summed E-state index contributed by atoms with van der Waals surface area (Å²) in [5.41, 5.74) is 3.75. The molecule has 3 aromatic rings. The molecule has 1 aromatic heterocycles. The molecule has 2 heterocycles. The summed E-state index contributed by atoms with van der Waals surface area (Å²) in [5.74, 6) is 0.206. The molecular formula is C20H19ClN2O3. The molecule has 1 saturated heterocycles. The molecule has 0 atom stereocenters. The van der Waals surface area contributed by atoms with Crippen LogP contribution >= 0.6 is 11.6 Å². The van der Waals surface area contributed by atoms with Crippen LogP contribution < -0.4 is 4.90 Å². The fourth-order valence-corrected chi connectivity index (χ4v) is 3.90. The molecule has 0 spiro atoms. The molecule has 1 fully saturated rings. The van der Waals surface area contributed by atoms with Crippen molar-refractivity contribution >= 4 is 34.2 Å². The lowest BCUT2D eigenvalue weighted by Crippen LogP contribution is -2.45. The van der Waals surface area contributed by atoms with Gasteiger partial charge in [-0.05, 0) is 35.9 Å². The number of carbonyl (C=O) groups excluding carboxylic acids is 1. The number of anilines is 1. The molecule has 0 radical (unpaired) electrons. The zero-order valence-electron chi connectivity index (χ0n) is 14.6. The Morgan fingerprint density at radius 2 is 2.00 bits per heavy atom. The van der Waals surface area contributed by atoms with Gasteiger partial charge in [-0.3, -0.25) is 0 Å². The molecule has 1 N–H and O–H groups in total. The van der Waals surface area contributed by atoms with E-state index in [0.29, 0.717) is 16.5 Å². The van der Waals surface area contributed by atoms with Crippen LogP contribution in [0.4, 0.5) is 5.69 Å². The van der Waals surface area contributed by atoms with E-state index in [0.717, 1.165) is 35.2 Å². The van der Waals surface area contributed by atoms with Gasteiger partial charge in [0.25, 0.3) is 0 Å². The summed E-state index contributed by atoms with van der Waals surface area (Å²) in [7, 11) is 3.32. The van der Waals surface area contributed by atoms with Crippen molar-refractivity contribution in [3.05, 3.63) is 58.7 Å². The second kappa shape index (κ2) is 6.25. The Kier molecular flexibility index (Phi) is 4.04. The number of aromatic hydroxyl groups is 1. The van der Waals surface area contributed by atoms with Gasteiger partial charge in [0.1, 0.15) is 5.75 Å². The van der Waals surface area contributed by atoms with E-state index >= 15 is 0 Å². The quantitative estimate of drug-likeness (QED) is 0.710. The van der Waals surface area contributed by atoms with Crippen molar-refractivity contribution in [1.82, 2.24) is 4.57 Å². The molecule has 2 aromatic carbocycles. The number of nitrogens with zero attached hydrogens (tertiary/aromatic N) is 2. The van der Waals surface area contributed by atoms with Crippen LogP contribution in [-0.4, -0.2) is 35.8 Å². The third-order valence-electron chi connectivity index (χ3n) is 5.05. The van der Waals surface area contributed by atoms with E-state index in [9.17, 15) is 9.90 Å². The van der Waals surface area contributed by atoms with E-state index in [4.69, 9.17) is 16.3 Å². The SMILES string of the molecule is COC(=O)c1cn(C)c2cc(N3CC(c4ccc(O)cc4Cl)C3)ccc12. The van der Waals surface area contributed by atoms with Gasteiger partial charge in [0.15, 0.2) is 0 Å². The van der Waals surface area contributed by atoms with Crippen LogP contribution in [-0.2, 0) is 11.8 Å². The van der Waals surface area contributed by atoms with Crippen LogP contribution in [0.2, 0.25) is 5.02 Å². The minimum atomic E-state index is -0.325. The minimum Gasteiger partial charge on any atom is -0.508 e. The number of rotatable bonds is 3. The van der Waals surface area contributed by atoms with Crippen molar-refractivity contribution in [2.45, 2.75) is 5.92 Å². The monoisotopic (exact) mass is 370 g/mol. The lowest BCUT2D eigenvalue weighted by molar-refractivity contribution is 0.0603. The van der Waals surface area contributed by atoms with Crippen molar-refractivity contribution in [3.8, 4) is 5.75 Å². The molecule has 1 aliphatic rings. The first-order chi connectivity index (χ1) is 12.5. The number of carbonyl (C=O) groups is 1. The Bertz CT molecular complexity index is 1010. The maximum absolute atomic E-state index is 11.9. The number of aryl methyl sites for hydroxylation is 1. The van der Waals surface area contributed by atoms with E-state index in [1.807, 2.05) is 29.8 Å². The maximum atomic E-state index is 11.9. The van der Waals surface area contributed by atoms with Crippen molar-refractivity contribution < 1.29 is 14.6 Å². The number of esters is 1. The molecule has 0 bridgehead atoms. The molecule has 0 saturated carbocycles. The first-order valence-electron chi connectivity index (χ1n) is 8.38. The highest BCUT2D eigenvalue weighted by atomic mass is 35.5. The minimum absolute atomic E-state index is 0.186. The third kappa shape index (κ3) is 2.69. The Balaban J connectivity index is 1.57. The fourth-order valence-electron chi connectivity index (χ4n) is 3.57. The number of phenolic OH excluding ortho intramolecular Hbond substituents is 1. The highest BCUT2D eigenvalue weighted by molar-refractivity contribution is 6.31. The highest BCUT2D eigenvalue weighted by Gasteiger charge is 2.30. The number of phenols is 1. The largest absolute Gasteiger partial charge is 0.508 e. The van der Waals surface area contributed by atoms with Gasteiger partial charge in [-0.2, -0.15) is 0 Å². The molecule has 4 rings (SSSR count). The molecule has 1 aliphatic heterocycles. The molecule has 5 nitrogen and oxygen atoms in total. The van der Waals surface area contributed by atoms with E-state index in [2.05, 4.69) is 11.0 Å². The van der Waals surface area contributed by atoms with Gasteiger partial charge in [0, 0.05) is 48.3 Å². The van der Waals surface area contributed by atoms with Crippen LogP contribution in [0.5, 0.6) is 5.75 Å². The van der Waals surface area contributed by atoms with Crippen LogP contribution in [0.25, 0.3) is 10.9 Å². The van der Waals surface area contributed by atoms with Gasteiger partial charge in [-0.1, -0.05) is 17.7 Å². The molecule has 0 amide bonds. The molecule has 26 heavy (non-hydrogen) atoms. The number of hydrogen-bond donors (Lipinski definition) is 1. The van der Waals surface area contributed by atoms with E-state index in [-0.39, 0.29) is 11.7 Å². The number of aromatic nitrogens is 1. The van der Waals surface area contributed by atoms with Gasteiger partial charge in [0.05, 0.1) is 18.2 Å². The predicted octanol–water partition coefficient (Wildman–Crippen LogP) is 3.93. The van der Waals surface area contributed by atoms with Crippen molar-refractivity contribution in [1.29, 1.82) is 0 Å². The number of benzene rings is 2. The number of methoxy groups -OCH3 is 1. The standard InChI is InChI=1S/C20H19ClN2O3/c1-22-11-17(20(25)26-2)16-5-3-13(7-19(16)22)23-9-12(10-23)15-6-4-14(24)8-18(15)21/h3-8,11-12,24H,9-10H2,1-2H3. The number of fused-ring (bicyclic) bond motifs is 1. The summed E-state index contributed by atoms with van der Waals surface area (Å²) in [4.78, 5) is 14.2. The first kappa shape index (κ1) is 16.8. The van der Waals surface area contributed by atoms with Crippen LogP contribution in [0.3, 0.4) is 0 Å². The van der Waals surface area contributed by atoms with Crippen LogP contribution in [0, 0.1) is 0 Å². The summed E-state index contributed by atoms with van der Waals surface area (Å²) >= 11 is 6.25. The van der Waals surface area contributed by atoms with E-state index < -0.39 is 0 Å². The van der Waals surface area contributed by atoms with Crippen molar-refractivity contribution in [3.63, 3.8) is 0 Å². The number of hydrogen-bond acceptors (Lipinski definition) is 4. The normalized spacial score (nSPS) is 14.5. The zero-order chi connectivity index (χ0) is 18.4. The molecule has 6 heteroatoms. The molecule has 0 unspecified atom stereocenters. The summed E-state index contributed by atoms with van der Waals surface area (Å²) < 4.78 is 6.80. The van der Waals surface area contributed by atoms with Gasteiger partial charge in [-0.25, -0.2) is 4.79 Å². The van der Waals surface area contributed by atoms with E-state index in [1.54, 1.807) is 18.3 Å². The maximum Gasteiger partial charge on any atom is 0.340 e. The molecular weight excluding hydrogens is 352 g/mol. The summed E-state index contributed by atoms with van der Waals surface area (Å²) in [6, 6.07) is 11.2. The number of halogens is 1. The summed E-state index contributed by atoms with van der Waals surface area (Å²) in [5, 5.41) is 11.0. The average Bonchev–Trinajstić information content (AvgIpc) is 2.91. The fraction of sp³-hybridized carbons (Fsp3) is 0.250. The Labute approximate surface area is 156 Å². The Morgan fingerprint density at radius 3 is 2.69 bits per heavy atom. The van der Waals surface area contributed by atoms with Gasteiger partial charge >= 0.3 is 5.97 Å². The van der Waals surface area contributed by atoms with Crippen LogP contribution in [0.1, 0.15) is 21.8 Å². The van der Waals surface area contributed by atoms with Crippen LogP contribution in [0.15, 0.2) is 42.6 Å². The van der Waals surface area contributed by atoms with Crippen molar-refractivity contribution in [2.75, 3.05) is 25.1 Å². The average molecular weight is 371 g/mol. The smallest absolute Gasteiger partial charge is 0.340 e. The zero-order valence-corrected chi connectivity index (χ0v) is 15.3. The van der Waals surface area contributed by atoms with Crippen molar-refractivity contribution in [2.24, 2.45) is 7.05 Å². The molecule has 134 valence electrons. The van der Waals surface area contributed by atoms with E-state index in [1.165, 1.54) is 7.11 Å². The summed E-state index contributed by atoms with van der Waals surface area (Å²) in [6.07, 6.45) is 1.80. The Morgan fingerprint density at radius 1 is 1.23 bits per heavy atom. The van der Waals surface area contributed by atoms with Gasteiger partial charge in [-0.15, -0.1) is 0 Å². The number of ether oxygens (including phenoxy) is 1. The molecule has 0 aliphatic carbocycles. The second-order valence-electron chi connectivity index (χ2n) is 6.65. The lowest BCUT2D eigenvalue weighted by Gasteiger charge is -2.41. The van der Waals surface area contributed by atoms with Gasteiger partial charge < -0.3 is 19.3 Å². The summed E-state index contributed by atoms with van der Waals surface area (Å²) in [6.45, 7) is 1.73. The highest BCUT2D eigenvalue weighted by Crippen LogP contribution is 2.37. The second-order valence-corrected chi connectivity index (χ2v) is 7.06. The first-order valence-corrected chi connectivity index (χ1v) is 8.76. The Hall–Kier alpha value is -2.66. The lowest BCUT2D eigenvalue weighted by atomic mass is 9.90. The predicted molar refractivity (Wildman–Crippen MR) is 102 cm³/mol. The van der Waals surface area contributed by atoms with Gasteiger partial charge in [0.2, 0.25) is 0 Å².